The van der Waals surface area contributed by atoms with Crippen molar-refractivity contribution in [3.05, 3.63) is 35.4 Å². The lowest BCUT2D eigenvalue weighted by molar-refractivity contribution is 0.0904. The minimum atomic E-state index is -0.446. The zero-order valence-electron chi connectivity index (χ0n) is 8.43. The molecule has 1 saturated heterocycles. The van der Waals surface area contributed by atoms with Crippen LogP contribution >= 0.6 is 11.8 Å². The lowest BCUT2D eigenvalue weighted by Gasteiger charge is -2.32. The molecule has 1 amide bonds. The van der Waals surface area contributed by atoms with Crippen molar-refractivity contribution < 1.29 is 9.90 Å². The molecule has 0 aromatic heterocycles. The molecular formula is C11H13NO2S. The van der Waals surface area contributed by atoms with Gasteiger partial charge in [0.2, 0.25) is 0 Å². The van der Waals surface area contributed by atoms with Crippen LogP contribution in [0.3, 0.4) is 0 Å². The number of thioether (sulfide) groups is 1. The van der Waals surface area contributed by atoms with Gasteiger partial charge in [0.15, 0.2) is 0 Å². The second kappa shape index (κ2) is 4.24. The van der Waals surface area contributed by atoms with Crippen LogP contribution in [0.5, 0.6) is 0 Å². The van der Waals surface area contributed by atoms with Crippen molar-refractivity contribution in [3.63, 3.8) is 0 Å². The van der Waals surface area contributed by atoms with Crippen LogP contribution in [0.1, 0.15) is 15.9 Å². The number of hydrogen-bond donors (Lipinski definition) is 2. The Bertz CT molecular complexity index is 381. The summed E-state index contributed by atoms with van der Waals surface area (Å²) in [7, 11) is 0. The van der Waals surface area contributed by atoms with Crippen LogP contribution in [-0.2, 0) is 0 Å². The first-order valence-electron chi connectivity index (χ1n) is 4.84. The summed E-state index contributed by atoms with van der Waals surface area (Å²) in [6.07, 6.45) is 0. The molecule has 1 aromatic rings. The molecule has 1 fully saturated rings. The Morgan fingerprint density at radius 3 is 2.93 bits per heavy atom. The summed E-state index contributed by atoms with van der Waals surface area (Å²) in [5, 5.41) is 12.1. The fourth-order valence-corrected chi connectivity index (χ4v) is 2.14. The van der Waals surface area contributed by atoms with E-state index < -0.39 is 5.44 Å². The molecule has 1 aliphatic heterocycles. The van der Waals surface area contributed by atoms with Crippen LogP contribution < -0.4 is 5.32 Å². The third kappa shape index (κ3) is 2.33. The fourth-order valence-electron chi connectivity index (χ4n) is 1.43. The SMILES string of the molecule is Cc1cccc(C(=O)NC2CSC2O)c1. The molecule has 80 valence electrons. The number of rotatable bonds is 2. The van der Waals surface area contributed by atoms with Gasteiger partial charge in [0.05, 0.1) is 6.04 Å². The molecule has 0 aliphatic carbocycles. The number of aryl methyl sites for hydroxylation is 1. The molecule has 1 aliphatic rings. The lowest BCUT2D eigenvalue weighted by Crippen LogP contribution is -2.50. The first-order chi connectivity index (χ1) is 7.16. The Hall–Kier alpha value is -1.00. The maximum atomic E-state index is 11.7. The molecule has 1 heterocycles. The second-order valence-electron chi connectivity index (χ2n) is 3.67. The molecule has 15 heavy (non-hydrogen) atoms. The molecule has 3 nitrogen and oxygen atoms in total. The smallest absolute Gasteiger partial charge is 0.251 e. The van der Waals surface area contributed by atoms with E-state index in [4.69, 9.17) is 0 Å². The van der Waals surface area contributed by atoms with E-state index in [2.05, 4.69) is 5.32 Å². The van der Waals surface area contributed by atoms with E-state index in [0.29, 0.717) is 5.56 Å². The van der Waals surface area contributed by atoms with E-state index in [1.807, 2.05) is 25.1 Å². The van der Waals surface area contributed by atoms with Crippen molar-refractivity contribution in [2.24, 2.45) is 0 Å². The number of nitrogens with one attached hydrogen (secondary N) is 1. The standard InChI is InChI=1S/C11H13NO2S/c1-7-3-2-4-8(5-7)10(13)12-9-6-15-11(9)14/h2-5,9,11,14H,6H2,1H3,(H,12,13). The minimum Gasteiger partial charge on any atom is -0.380 e. The summed E-state index contributed by atoms with van der Waals surface area (Å²) in [6.45, 7) is 1.95. The van der Waals surface area contributed by atoms with Gasteiger partial charge in [0.1, 0.15) is 5.44 Å². The topological polar surface area (TPSA) is 49.3 Å². The van der Waals surface area contributed by atoms with Crippen LogP contribution in [0.25, 0.3) is 0 Å². The third-order valence-corrected chi connectivity index (χ3v) is 3.61. The van der Waals surface area contributed by atoms with Crippen molar-refractivity contribution in [2.45, 2.75) is 18.4 Å². The van der Waals surface area contributed by atoms with Crippen LogP contribution in [0, 0.1) is 6.92 Å². The number of aliphatic hydroxyl groups is 1. The van der Waals surface area contributed by atoms with Gasteiger partial charge in [-0.15, -0.1) is 11.8 Å². The first-order valence-corrected chi connectivity index (χ1v) is 5.89. The average Bonchev–Trinajstić information content (AvgIpc) is 2.23. The van der Waals surface area contributed by atoms with Crippen LogP contribution in [0.4, 0.5) is 0 Å². The quantitative estimate of drug-likeness (QED) is 0.791. The average molecular weight is 223 g/mol. The van der Waals surface area contributed by atoms with Crippen molar-refractivity contribution in [1.82, 2.24) is 5.32 Å². The van der Waals surface area contributed by atoms with Gasteiger partial charge in [0, 0.05) is 11.3 Å². The van der Waals surface area contributed by atoms with E-state index in [-0.39, 0.29) is 11.9 Å². The molecule has 0 spiro atoms. The van der Waals surface area contributed by atoms with Crippen LogP contribution in [0.2, 0.25) is 0 Å². The van der Waals surface area contributed by atoms with E-state index >= 15 is 0 Å². The van der Waals surface area contributed by atoms with E-state index in [0.717, 1.165) is 11.3 Å². The molecule has 1 aromatic carbocycles. The maximum absolute atomic E-state index is 11.7. The largest absolute Gasteiger partial charge is 0.380 e. The zero-order chi connectivity index (χ0) is 10.8. The van der Waals surface area contributed by atoms with Gasteiger partial charge < -0.3 is 10.4 Å². The van der Waals surface area contributed by atoms with Gasteiger partial charge >= 0.3 is 0 Å². The third-order valence-electron chi connectivity index (χ3n) is 2.39. The molecule has 4 heteroatoms. The number of carbonyl (C=O) groups is 1. The summed E-state index contributed by atoms with van der Waals surface area (Å²) in [5.74, 6) is 0.682. The monoisotopic (exact) mass is 223 g/mol. The van der Waals surface area contributed by atoms with Crippen molar-refractivity contribution in [2.75, 3.05) is 5.75 Å². The highest BCUT2D eigenvalue weighted by Gasteiger charge is 2.31. The predicted octanol–water partition coefficient (Wildman–Crippen LogP) is 1.16. The normalized spacial score (nSPS) is 24.4. The molecule has 2 rings (SSSR count). The predicted molar refractivity (Wildman–Crippen MR) is 60.9 cm³/mol. The van der Waals surface area contributed by atoms with Crippen molar-refractivity contribution in [3.8, 4) is 0 Å². The molecule has 0 saturated carbocycles. The van der Waals surface area contributed by atoms with Crippen molar-refractivity contribution in [1.29, 1.82) is 0 Å². The fraction of sp³-hybridized carbons (Fsp3) is 0.364. The Morgan fingerprint density at radius 1 is 1.60 bits per heavy atom. The number of amides is 1. The van der Waals surface area contributed by atoms with Gasteiger partial charge in [-0.2, -0.15) is 0 Å². The summed E-state index contributed by atoms with van der Waals surface area (Å²) < 4.78 is 0. The van der Waals surface area contributed by atoms with Gasteiger partial charge in [-0.3, -0.25) is 4.79 Å². The van der Waals surface area contributed by atoms with Gasteiger partial charge in [-0.25, -0.2) is 0 Å². The number of benzene rings is 1. The molecule has 2 unspecified atom stereocenters. The highest BCUT2D eigenvalue weighted by atomic mass is 32.2. The number of aliphatic hydroxyl groups excluding tert-OH is 1. The summed E-state index contributed by atoms with van der Waals surface area (Å²) >= 11 is 1.45. The minimum absolute atomic E-state index is 0.0944. The van der Waals surface area contributed by atoms with E-state index in [9.17, 15) is 9.90 Å². The number of hydrogen-bond acceptors (Lipinski definition) is 3. The zero-order valence-corrected chi connectivity index (χ0v) is 9.25. The number of carbonyl (C=O) groups excluding carboxylic acids is 1. The lowest BCUT2D eigenvalue weighted by atomic mass is 10.1. The Labute approximate surface area is 92.9 Å². The molecule has 2 N–H and O–H groups in total. The van der Waals surface area contributed by atoms with Gasteiger partial charge in [-0.05, 0) is 19.1 Å². The van der Waals surface area contributed by atoms with Crippen molar-refractivity contribution >= 4 is 17.7 Å². The maximum Gasteiger partial charge on any atom is 0.251 e. The first kappa shape index (κ1) is 10.5. The Balaban J connectivity index is 2.01. The van der Waals surface area contributed by atoms with Gasteiger partial charge in [0.25, 0.3) is 5.91 Å². The Morgan fingerprint density at radius 2 is 2.40 bits per heavy atom. The van der Waals surface area contributed by atoms with Crippen LogP contribution in [-0.4, -0.2) is 28.2 Å². The molecule has 0 bridgehead atoms. The second-order valence-corrected chi connectivity index (χ2v) is 4.82. The van der Waals surface area contributed by atoms with Gasteiger partial charge in [-0.1, -0.05) is 17.7 Å². The Kier molecular flexibility index (Phi) is 2.98. The highest BCUT2D eigenvalue weighted by molar-refractivity contribution is 8.01. The van der Waals surface area contributed by atoms with E-state index in [1.165, 1.54) is 11.8 Å². The molecule has 2 atom stereocenters. The summed E-state index contributed by atoms with van der Waals surface area (Å²) in [6, 6.07) is 7.33. The molecular weight excluding hydrogens is 210 g/mol. The van der Waals surface area contributed by atoms with Crippen LogP contribution in [0.15, 0.2) is 24.3 Å². The summed E-state index contributed by atoms with van der Waals surface area (Å²) in [5.41, 5.74) is 1.27. The highest BCUT2D eigenvalue weighted by Crippen LogP contribution is 2.25. The summed E-state index contributed by atoms with van der Waals surface area (Å²) in [4.78, 5) is 11.7. The van der Waals surface area contributed by atoms with E-state index in [1.54, 1.807) is 6.07 Å². The molecule has 0 radical (unpaired) electrons.